The van der Waals surface area contributed by atoms with Gasteiger partial charge in [0.1, 0.15) is 0 Å². The molecule has 1 unspecified atom stereocenters. The number of piperidine rings is 1. The van der Waals surface area contributed by atoms with Crippen LogP contribution in [0.5, 0.6) is 0 Å². The number of amides is 1. The number of hydrazine groups is 1. The van der Waals surface area contributed by atoms with Crippen molar-refractivity contribution < 1.29 is 4.79 Å². The summed E-state index contributed by atoms with van der Waals surface area (Å²) >= 11 is 0. The van der Waals surface area contributed by atoms with Crippen molar-refractivity contribution in [3.05, 3.63) is 35.9 Å². The fourth-order valence-electron chi connectivity index (χ4n) is 2.34. The van der Waals surface area contributed by atoms with Crippen molar-refractivity contribution in [3.63, 3.8) is 0 Å². The van der Waals surface area contributed by atoms with E-state index in [9.17, 15) is 4.79 Å². The van der Waals surface area contributed by atoms with Gasteiger partial charge in [0.2, 0.25) is 6.41 Å². The van der Waals surface area contributed by atoms with Crippen LogP contribution in [0.1, 0.15) is 24.8 Å². The molecule has 1 fully saturated rings. The van der Waals surface area contributed by atoms with E-state index < -0.39 is 0 Å². The minimum Gasteiger partial charge on any atom is -0.291 e. The number of benzene rings is 1. The Hall–Kier alpha value is -1.35. The molecule has 1 aromatic rings. The summed E-state index contributed by atoms with van der Waals surface area (Å²) in [6, 6.07) is 10.9. The zero-order valence-electron chi connectivity index (χ0n) is 9.43. The van der Waals surface area contributed by atoms with Crippen LogP contribution in [0.3, 0.4) is 0 Å². The Kier molecular flexibility index (Phi) is 3.94. The van der Waals surface area contributed by atoms with Gasteiger partial charge in [-0.25, -0.2) is 5.01 Å². The fraction of sp³-hybridized carbons (Fsp3) is 0.462. The van der Waals surface area contributed by atoms with Gasteiger partial charge in [0.15, 0.2) is 0 Å². The van der Waals surface area contributed by atoms with E-state index in [-0.39, 0.29) is 0 Å². The van der Waals surface area contributed by atoms with Gasteiger partial charge in [-0.2, -0.15) is 0 Å². The molecule has 0 saturated carbocycles. The minimum atomic E-state index is 0.446. The summed E-state index contributed by atoms with van der Waals surface area (Å²) in [4.78, 5) is 10.5. The van der Waals surface area contributed by atoms with Crippen LogP contribution in [0.15, 0.2) is 30.3 Å². The van der Waals surface area contributed by atoms with Crippen LogP contribution >= 0.6 is 0 Å². The van der Waals surface area contributed by atoms with E-state index in [1.165, 1.54) is 18.4 Å². The van der Waals surface area contributed by atoms with E-state index in [0.29, 0.717) is 6.04 Å². The second kappa shape index (κ2) is 5.66. The predicted molar refractivity (Wildman–Crippen MR) is 63.7 cm³/mol. The van der Waals surface area contributed by atoms with Crippen molar-refractivity contribution in [2.24, 2.45) is 0 Å². The molecule has 16 heavy (non-hydrogen) atoms. The number of hydrogen-bond donors (Lipinski definition) is 1. The molecule has 1 aliphatic rings. The SMILES string of the molecule is O=CNN1CCCCC1Cc1ccccc1. The molecular weight excluding hydrogens is 200 g/mol. The highest BCUT2D eigenvalue weighted by molar-refractivity contribution is 5.45. The number of rotatable bonds is 4. The minimum absolute atomic E-state index is 0.446. The van der Waals surface area contributed by atoms with Crippen molar-refractivity contribution in [2.75, 3.05) is 6.54 Å². The molecule has 1 aromatic carbocycles. The highest BCUT2D eigenvalue weighted by atomic mass is 16.1. The molecule has 0 aromatic heterocycles. The van der Waals surface area contributed by atoms with E-state index in [0.717, 1.165) is 25.8 Å². The van der Waals surface area contributed by atoms with E-state index in [2.05, 4.69) is 34.7 Å². The Labute approximate surface area is 96.4 Å². The predicted octanol–water partition coefficient (Wildman–Crippen LogP) is 1.74. The van der Waals surface area contributed by atoms with Gasteiger partial charge in [-0.05, 0) is 24.8 Å². The first-order chi connectivity index (χ1) is 7.90. The van der Waals surface area contributed by atoms with Crippen molar-refractivity contribution in [3.8, 4) is 0 Å². The van der Waals surface area contributed by atoms with Gasteiger partial charge >= 0.3 is 0 Å². The van der Waals surface area contributed by atoms with Crippen LogP contribution in [-0.4, -0.2) is 24.0 Å². The molecule has 1 amide bonds. The van der Waals surface area contributed by atoms with Crippen LogP contribution in [0, 0.1) is 0 Å². The van der Waals surface area contributed by atoms with E-state index in [1.54, 1.807) is 0 Å². The lowest BCUT2D eigenvalue weighted by molar-refractivity contribution is -0.115. The average Bonchev–Trinajstić information content (AvgIpc) is 2.33. The second-order valence-corrected chi connectivity index (χ2v) is 4.28. The van der Waals surface area contributed by atoms with Crippen LogP contribution in [0.25, 0.3) is 0 Å². The number of nitrogens with one attached hydrogen (secondary N) is 1. The normalized spacial score (nSPS) is 21.6. The molecule has 0 spiro atoms. The number of carbonyl (C=O) groups excluding carboxylic acids is 1. The lowest BCUT2D eigenvalue weighted by Gasteiger charge is -2.34. The molecule has 1 heterocycles. The monoisotopic (exact) mass is 218 g/mol. The third kappa shape index (κ3) is 2.83. The molecule has 1 aliphatic heterocycles. The highest BCUT2D eigenvalue weighted by Gasteiger charge is 2.21. The third-order valence-electron chi connectivity index (χ3n) is 3.16. The molecular formula is C13H18N2O. The van der Waals surface area contributed by atoms with Crippen LogP contribution in [0.4, 0.5) is 0 Å². The topological polar surface area (TPSA) is 32.3 Å². The van der Waals surface area contributed by atoms with Gasteiger partial charge in [-0.15, -0.1) is 0 Å². The van der Waals surface area contributed by atoms with Crippen LogP contribution in [0.2, 0.25) is 0 Å². The summed E-state index contributed by atoms with van der Waals surface area (Å²) in [6.45, 7) is 0.968. The van der Waals surface area contributed by atoms with Gasteiger partial charge in [0, 0.05) is 12.6 Å². The van der Waals surface area contributed by atoms with Crippen LogP contribution < -0.4 is 5.43 Å². The fourth-order valence-corrected chi connectivity index (χ4v) is 2.34. The molecule has 86 valence electrons. The molecule has 3 heteroatoms. The van der Waals surface area contributed by atoms with Gasteiger partial charge in [-0.3, -0.25) is 10.2 Å². The Morgan fingerprint density at radius 2 is 2.12 bits per heavy atom. The largest absolute Gasteiger partial charge is 0.291 e. The Morgan fingerprint density at radius 3 is 2.88 bits per heavy atom. The molecule has 0 aliphatic carbocycles. The third-order valence-corrected chi connectivity index (χ3v) is 3.16. The quantitative estimate of drug-likeness (QED) is 0.781. The molecule has 3 nitrogen and oxygen atoms in total. The number of carbonyl (C=O) groups is 1. The average molecular weight is 218 g/mol. The van der Waals surface area contributed by atoms with Crippen molar-refractivity contribution >= 4 is 6.41 Å². The first-order valence-corrected chi connectivity index (χ1v) is 5.90. The lowest BCUT2D eigenvalue weighted by atomic mass is 9.97. The summed E-state index contributed by atoms with van der Waals surface area (Å²) in [6.07, 6.45) is 5.39. The zero-order chi connectivity index (χ0) is 11.2. The van der Waals surface area contributed by atoms with Gasteiger partial charge in [0.05, 0.1) is 0 Å². The molecule has 0 radical (unpaired) electrons. The van der Waals surface area contributed by atoms with Crippen molar-refractivity contribution in [1.82, 2.24) is 10.4 Å². The van der Waals surface area contributed by atoms with Crippen LogP contribution in [-0.2, 0) is 11.2 Å². The lowest BCUT2D eigenvalue weighted by Crippen LogP contribution is -2.48. The van der Waals surface area contributed by atoms with E-state index >= 15 is 0 Å². The summed E-state index contributed by atoms with van der Waals surface area (Å²) in [7, 11) is 0. The standard InChI is InChI=1S/C13H18N2O/c16-11-14-15-9-5-4-8-13(15)10-12-6-2-1-3-7-12/h1-3,6-7,11,13H,4-5,8-10H2,(H,14,16). The van der Waals surface area contributed by atoms with Gasteiger partial charge in [-0.1, -0.05) is 36.8 Å². The van der Waals surface area contributed by atoms with E-state index in [4.69, 9.17) is 0 Å². The molecule has 1 atom stereocenters. The Balaban J connectivity index is 1.98. The maximum Gasteiger partial charge on any atom is 0.221 e. The summed E-state index contributed by atoms with van der Waals surface area (Å²) in [5.41, 5.74) is 4.15. The van der Waals surface area contributed by atoms with Crippen molar-refractivity contribution in [1.29, 1.82) is 0 Å². The first kappa shape index (κ1) is 11.1. The highest BCUT2D eigenvalue weighted by Crippen LogP contribution is 2.18. The Morgan fingerprint density at radius 1 is 1.31 bits per heavy atom. The molecule has 1 N–H and O–H groups in total. The maximum absolute atomic E-state index is 10.5. The smallest absolute Gasteiger partial charge is 0.221 e. The molecule has 0 bridgehead atoms. The molecule has 2 rings (SSSR count). The number of hydrogen-bond acceptors (Lipinski definition) is 2. The number of nitrogens with zero attached hydrogens (tertiary/aromatic N) is 1. The van der Waals surface area contributed by atoms with Gasteiger partial charge in [0.25, 0.3) is 0 Å². The van der Waals surface area contributed by atoms with E-state index in [1.807, 2.05) is 6.07 Å². The molecule has 1 saturated heterocycles. The maximum atomic E-state index is 10.5. The van der Waals surface area contributed by atoms with Gasteiger partial charge < -0.3 is 0 Å². The zero-order valence-corrected chi connectivity index (χ0v) is 9.43. The second-order valence-electron chi connectivity index (χ2n) is 4.28. The summed E-state index contributed by atoms with van der Waals surface area (Å²) in [5, 5.41) is 2.07. The first-order valence-electron chi connectivity index (χ1n) is 5.90. The Bertz CT molecular complexity index is 326. The van der Waals surface area contributed by atoms with Crippen molar-refractivity contribution in [2.45, 2.75) is 31.7 Å². The summed E-state index contributed by atoms with van der Waals surface area (Å²) in [5.74, 6) is 0. The summed E-state index contributed by atoms with van der Waals surface area (Å²) < 4.78 is 0.